The van der Waals surface area contributed by atoms with E-state index >= 15 is 0 Å². The molecule has 0 saturated heterocycles. The second kappa shape index (κ2) is 8.93. The lowest BCUT2D eigenvalue weighted by Gasteiger charge is -2.53. The summed E-state index contributed by atoms with van der Waals surface area (Å²) < 4.78 is 1.64. The molecule has 3 fully saturated rings. The third-order valence-corrected chi connectivity index (χ3v) is 9.60. The quantitative estimate of drug-likeness (QED) is 0.646. The molecule has 1 aromatic rings. The van der Waals surface area contributed by atoms with Gasteiger partial charge >= 0.3 is 0 Å². The number of Topliss-reactive ketones (excluding diaryl/α,β-unsaturated/α-hetero) is 1. The molecule has 0 radical (unpaired) electrons. The van der Waals surface area contributed by atoms with Crippen LogP contribution in [0, 0.1) is 52.3 Å². The summed E-state index contributed by atoms with van der Waals surface area (Å²) in [6.07, 6.45) is 11.7. The van der Waals surface area contributed by atoms with E-state index in [1.165, 1.54) is 19.3 Å². The van der Waals surface area contributed by atoms with Crippen molar-refractivity contribution in [3.8, 4) is 6.07 Å². The van der Waals surface area contributed by atoms with Crippen LogP contribution >= 0.6 is 0 Å². The van der Waals surface area contributed by atoms with Crippen molar-refractivity contribution in [3.05, 3.63) is 18.0 Å². The number of ketones is 1. The van der Waals surface area contributed by atoms with Crippen molar-refractivity contribution in [1.29, 1.82) is 5.26 Å². The summed E-state index contributed by atoms with van der Waals surface area (Å²) in [5.41, 5.74) is -0.0366. The Balaban J connectivity index is 1.53. The number of hydrogen-bond acceptors (Lipinski definition) is 4. The topological polar surface area (TPSA) is 78.9 Å². The molecule has 4 rings (SSSR count). The lowest BCUT2D eigenvalue weighted by Crippen LogP contribution is -2.47. The summed E-state index contributed by atoms with van der Waals surface area (Å²) in [5, 5.41) is 23.7. The maximum atomic E-state index is 13.5. The Labute approximate surface area is 193 Å². The summed E-state index contributed by atoms with van der Waals surface area (Å²) >= 11 is 0. The highest BCUT2D eigenvalue weighted by molar-refractivity contribution is 5.82. The third-order valence-electron chi connectivity index (χ3n) is 9.60. The Morgan fingerprint density at radius 2 is 2.00 bits per heavy atom. The number of rotatable bonds is 6. The highest BCUT2D eigenvalue weighted by Crippen LogP contribution is 2.64. The molecule has 6 atom stereocenters. The summed E-state index contributed by atoms with van der Waals surface area (Å²) in [4.78, 5) is 13.5. The van der Waals surface area contributed by atoms with Gasteiger partial charge in [0, 0.05) is 12.1 Å². The fourth-order valence-corrected chi connectivity index (χ4v) is 8.16. The third kappa shape index (κ3) is 4.28. The molecule has 0 aromatic carbocycles. The van der Waals surface area contributed by atoms with E-state index in [0.29, 0.717) is 23.4 Å². The minimum Gasteiger partial charge on any atom is -0.390 e. The van der Waals surface area contributed by atoms with Gasteiger partial charge in [-0.1, -0.05) is 33.6 Å². The largest absolute Gasteiger partial charge is 0.390 e. The zero-order valence-corrected chi connectivity index (χ0v) is 20.4. The molecule has 0 spiro atoms. The van der Waals surface area contributed by atoms with Crippen molar-refractivity contribution in [2.45, 2.75) is 97.6 Å². The van der Waals surface area contributed by atoms with E-state index in [1.807, 2.05) is 6.92 Å². The number of aliphatic hydroxyl groups is 1. The molecular weight excluding hydrogens is 398 g/mol. The Morgan fingerprint density at radius 1 is 1.28 bits per heavy atom. The molecule has 32 heavy (non-hydrogen) atoms. The van der Waals surface area contributed by atoms with Crippen LogP contribution in [0.4, 0.5) is 0 Å². The number of aromatic nitrogens is 2. The molecule has 0 amide bonds. The molecule has 0 bridgehead atoms. The maximum absolute atomic E-state index is 13.5. The minimum absolute atomic E-state index is 0.0677. The molecule has 0 aliphatic heterocycles. The van der Waals surface area contributed by atoms with Crippen LogP contribution in [0.15, 0.2) is 12.3 Å². The van der Waals surface area contributed by atoms with E-state index in [1.54, 1.807) is 16.9 Å². The van der Waals surface area contributed by atoms with Crippen LogP contribution in [0.5, 0.6) is 0 Å². The fourth-order valence-electron chi connectivity index (χ4n) is 8.16. The van der Waals surface area contributed by atoms with Crippen LogP contribution in [0.2, 0.25) is 0 Å². The van der Waals surface area contributed by atoms with Gasteiger partial charge in [-0.3, -0.25) is 9.48 Å². The van der Waals surface area contributed by atoms with Crippen molar-refractivity contribution in [2.24, 2.45) is 40.9 Å². The van der Waals surface area contributed by atoms with Crippen molar-refractivity contribution in [2.75, 3.05) is 0 Å². The molecule has 176 valence electrons. The first-order chi connectivity index (χ1) is 15.2. The average molecular weight is 440 g/mol. The van der Waals surface area contributed by atoms with Crippen molar-refractivity contribution in [3.63, 3.8) is 0 Å². The summed E-state index contributed by atoms with van der Waals surface area (Å²) in [6, 6.07) is 3.73. The van der Waals surface area contributed by atoms with Crippen LogP contribution < -0.4 is 0 Å². The molecule has 3 aliphatic carbocycles. The number of nitriles is 1. The second-order valence-electron chi connectivity index (χ2n) is 11.8. The number of fused-ring (bicyclic) bond motifs is 1. The van der Waals surface area contributed by atoms with E-state index in [2.05, 4.69) is 31.9 Å². The highest BCUT2D eigenvalue weighted by atomic mass is 16.3. The zero-order chi connectivity index (χ0) is 23.1. The van der Waals surface area contributed by atoms with E-state index in [4.69, 9.17) is 5.26 Å². The molecule has 5 heteroatoms. The van der Waals surface area contributed by atoms with Gasteiger partial charge in [-0.2, -0.15) is 10.4 Å². The highest BCUT2D eigenvalue weighted by Gasteiger charge is 2.59. The Kier molecular flexibility index (Phi) is 6.56. The Hall–Kier alpha value is -1.67. The van der Waals surface area contributed by atoms with E-state index in [0.717, 1.165) is 50.4 Å². The van der Waals surface area contributed by atoms with Crippen LogP contribution in [0.3, 0.4) is 0 Å². The second-order valence-corrected chi connectivity index (χ2v) is 11.8. The van der Waals surface area contributed by atoms with Crippen LogP contribution in [0.1, 0.15) is 91.2 Å². The van der Waals surface area contributed by atoms with E-state index in [-0.39, 0.29) is 23.7 Å². The molecular formula is C27H41N3O2. The van der Waals surface area contributed by atoms with Crippen LogP contribution in [0.25, 0.3) is 0 Å². The zero-order valence-electron chi connectivity index (χ0n) is 20.4. The Bertz CT molecular complexity index is 858. The standard InChI is InChI=1S/C27H41N3O2/c1-5-6-22-21(19-7-11-26(3,32)12-8-19)9-13-27(4)23(15-18(2)25(22)27)24(31)17-30-14-10-20(16-28)29-30/h10,14,18-19,21-23,25,32H,5-9,11-13,15,17H2,1-4H3/t18-,19?,21-,22-,23-,25+,26?,27-/m1/s1. The molecule has 3 aliphatic rings. The van der Waals surface area contributed by atoms with Crippen LogP contribution in [-0.2, 0) is 11.3 Å². The lowest BCUT2D eigenvalue weighted by molar-refractivity contribution is -0.130. The summed E-state index contributed by atoms with van der Waals surface area (Å²) in [6.45, 7) is 9.37. The minimum atomic E-state index is -0.476. The number of nitrogens with zero attached hydrogens (tertiary/aromatic N) is 3. The molecule has 1 heterocycles. The predicted molar refractivity (Wildman–Crippen MR) is 125 cm³/mol. The average Bonchev–Trinajstić information content (AvgIpc) is 3.30. The van der Waals surface area contributed by atoms with Gasteiger partial charge in [0.1, 0.15) is 6.07 Å². The van der Waals surface area contributed by atoms with Gasteiger partial charge in [0.25, 0.3) is 0 Å². The van der Waals surface area contributed by atoms with Gasteiger partial charge in [0.05, 0.1) is 12.1 Å². The maximum Gasteiger partial charge on any atom is 0.162 e. The number of carbonyl (C=O) groups is 1. The van der Waals surface area contributed by atoms with Gasteiger partial charge in [0.15, 0.2) is 11.5 Å². The smallest absolute Gasteiger partial charge is 0.162 e. The van der Waals surface area contributed by atoms with E-state index < -0.39 is 5.60 Å². The van der Waals surface area contributed by atoms with Crippen LogP contribution in [-0.4, -0.2) is 26.3 Å². The molecule has 3 saturated carbocycles. The number of carbonyl (C=O) groups excluding carboxylic acids is 1. The number of hydrogen-bond donors (Lipinski definition) is 1. The lowest BCUT2D eigenvalue weighted by atomic mass is 9.52. The first-order valence-corrected chi connectivity index (χ1v) is 12.9. The molecule has 1 aromatic heterocycles. The monoisotopic (exact) mass is 439 g/mol. The van der Waals surface area contributed by atoms with Crippen molar-refractivity contribution < 1.29 is 9.90 Å². The summed E-state index contributed by atoms with van der Waals surface area (Å²) in [5.74, 6) is 3.70. The normalized spacial score (nSPS) is 41.8. The summed E-state index contributed by atoms with van der Waals surface area (Å²) in [7, 11) is 0. The molecule has 5 nitrogen and oxygen atoms in total. The van der Waals surface area contributed by atoms with Gasteiger partial charge < -0.3 is 5.11 Å². The molecule has 1 N–H and O–H groups in total. The van der Waals surface area contributed by atoms with E-state index in [9.17, 15) is 9.90 Å². The van der Waals surface area contributed by atoms with Gasteiger partial charge in [-0.15, -0.1) is 0 Å². The predicted octanol–water partition coefficient (Wildman–Crippen LogP) is 5.37. The van der Waals surface area contributed by atoms with Gasteiger partial charge in [-0.25, -0.2) is 0 Å². The first-order valence-electron chi connectivity index (χ1n) is 12.9. The van der Waals surface area contributed by atoms with Crippen molar-refractivity contribution >= 4 is 5.78 Å². The van der Waals surface area contributed by atoms with Gasteiger partial charge in [-0.05, 0) is 92.9 Å². The SMILES string of the molecule is CCC[C@H]1[C@@H]2[C@H](C)C[C@H](C(=O)Cn3ccc(C#N)n3)[C@@]2(C)CC[C@@H]1C1CCC(C)(O)CC1. The Morgan fingerprint density at radius 3 is 2.62 bits per heavy atom. The molecule has 0 unspecified atom stereocenters. The first kappa shape index (κ1) is 23.5. The van der Waals surface area contributed by atoms with Gasteiger partial charge in [0.2, 0.25) is 0 Å². The van der Waals surface area contributed by atoms with Crippen molar-refractivity contribution in [1.82, 2.24) is 9.78 Å². The fraction of sp³-hybridized carbons (Fsp3) is 0.815.